The van der Waals surface area contributed by atoms with Gasteiger partial charge in [0, 0.05) is 17.0 Å². The fourth-order valence-electron chi connectivity index (χ4n) is 2.04. The molecule has 1 rings (SSSR count). The smallest absolute Gasteiger partial charge is 0.225 e. The zero-order valence-corrected chi connectivity index (χ0v) is 12.9. The van der Waals surface area contributed by atoms with E-state index in [-0.39, 0.29) is 23.9 Å². The van der Waals surface area contributed by atoms with Crippen molar-refractivity contribution in [2.45, 2.75) is 39.2 Å². The summed E-state index contributed by atoms with van der Waals surface area (Å²) in [6, 6.07) is 3.94. The molecule has 0 radical (unpaired) electrons. The minimum absolute atomic E-state index is 0. The van der Waals surface area contributed by atoms with Crippen molar-refractivity contribution in [3.8, 4) is 0 Å². The summed E-state index contributed by atoms with van der Waals surface area (Å²) < 4.78 is 0. The Labute approximate surface area is 120 Å². The quantitative estimate of drug-likeness (QED) is 0.846. The molecular weight excluding hydrogens is 268 g/mol. The van der Waals surface area contributed by atoms with Gasteiger partial charge in [-0.1, -0.05) is 19.9 Å². The Bertz CT molecular complexity index is 354. The van der Waals surface area contributed by atoms with Crippen molar-refractivity contribution in [3.05, 3.63) is 22.4 Å². The second-order valence-electron chi connectivity index (χ2n) is 5.17. The maximum atomic E-state index is 11.9. The predicted molar refractivity (Wildman–Crippen MR) is 80.3 cm³/mol. The summed E-state index contributed by atoms with van der Waals surface area (Å²) in [5, 5.41) is 5.04. The second kappa shape index (κ2) is 7.77. The molecule has 1 atom stereocenters. The summed E-state index contributed by atoms with van der Waals surface area (Å²) in [6.07, 6.45) is 1.35. The molecule has 0 bridgehead atoms. The summed E-state index contributed by atoms with van der Waals surface area (Å²) in [5.74, 6) is 0.576. The van der Waals surface area contributed by atoms with E-state index in [1.165, 1.54) is 0 Å². The first-order chi connectivity index (χ1) is 7.95. The summed E-state index contributed by atoms with van der Waals surface area (Å²) in [7, 11) is 0. The predicted octanol–water partition coefficient (Wildman–Crippen LogP) is 2.59. The molecule has 0 aromatic carbocycles. The maximum absolute atomic E-state index is 11.9. The highest BCUT2D eigenvalue weighted by Gasteiger charge is 2.25. The number of rotatable bonds is 6. The van der Waals surface area contributed by atoms with Crippen LogP contribution in [0.4, 0.5) is 0 Å². The monoisotopic (exact) mass is 290 g/mol. The van der Waals surface area contributed by atoms with Crippen LogP contribution in [-0.2, 0) is 11.2 Å². The molecule has 1 heterocycles. The maximum Gasteiger partial charge on any atom is 0.225 e. The minimum atomic E-state index is -0.289. The Morgan fingerprint density at radius 2 is 2.22 bits per heavy atom. The molecule has 104 valence electrons. The SMILES string of the molecule is CC(C)CC(C)(CN)NC(=O)Cc1cccs1.Cl. The van der Waals surface area contributed by atoms with Crippen LogP contribution in [0.1, 0.15) is 32.1 Å². The van der Waals surface area contributed by atoms with E-state index in [1.54, 1.807) is 11.3 Å². The van der Waals surface area contributed by atoms with Gasteiger partial charge in [-0.2, -0.15) is 0 Å². The molecule has 1 amide bonds. The van der Waals surface area contributed by atoms with Crippen molar-refractivity contribution in [1.29, 1.82) is 0 Å². The topological polar surface area (TPSA) is 55.1 Å². The molecule has 0 fully saturated rings. The van der Waals surface area contributed by atoms with E-state index in [2.05, 4.69) is 19.2 Å². The van der Waals surface area contributed by atoms with Crippen molar-refractivity contribution < 1.29 is 4.79 Å². The van der Waals surface area contributed by atoms with Gasteiger partial charge in [0.2, 0.25) is 5.91 Å². The zero-order valence-electron chi connectivity index (χ0n) is 11.2. The van der Waals surface area contributed by atoms with Gasteiger partial charge in [0.05, 0.1) is 6.42 Å². The van der Waals surface area contributed by atoms with Gasteiger partial charge in [0.25, 0.3) is 0 Å². The van der Waals surface area contributed by atoms with Gasteiger partial charge >= 0.3 is 0 Å². The third-order valence-corrected chi connectivity index (χ3v) is 3.54. The number of hydrogen-bond acceptors (Lipinski definition) is 3. The van der Waals surface area contributed by atoms with Crippen LogP contribution < -0.4 is 11.1 Å². The van der Waals surface area contributed by atoms with Crippen LogP contribution in [0.15, 0.2) is 17.5 Å². The molecule has 0 aliphatic carbocycles. The Balaban J connectivity index is 0.00000289. The molecular formula is C13H23ClN2OS. The molecule has 18 heavy (non-hydrogen) atoms. The highest BCUT2D eigenvalue weighted by atomic mass is 35.5. The average Bonchev–Trinajstić information content (AvgIpc) is 2.68. The number of amides is 1. The second-order valence-corrected chi connectivity index (χ2v) is 6.20. The standard InChI is InChI=1S/C13H22N2OS.ClH/c1-10(2)8-13(3,9-14)15-12(16)7-11-5-4-6-17-11;/h4-6,10H,7-9,14H2,1-3H3,(H,15,16);1H. The van der Waals surface area contributed by atoms with Crippen LogP contribution in [0.5, 0.6) is 0 Å². The molecule has 0 saturated carbocycles. The molecule has 1 unspecified atom stereocenters. The van der Waals surface area contributed by atoms with Gasteiger partial charge in [-0.3, -0.25) is 4.79 Å². The third-order valence-electron chi connectivity index (χ3n) is 2.67. The number of carbonyl (C=O) groups is 1. The van der Waals surface area contributed by atoms with E-state index in [0.29, 0.717) is 18.9 Å². The Morgan fingerprint density at radius 1 is 1.56 bits per heavy atom. The molecule has 0 spiro atoms. The minimum Gasteiger partial charge on any atom is -0.349 e. The summed E-state index contributed by atoms with van der Waals surface area (Å²) in [5.41, 5.74) is 5.48. The molecule has 0 saturated heterocycles. The molecule has 0 aliphatic rings. The van der Waals surface area contributed by atoms with Crippen LogP contribution in [0.2, 0.25) is 0 Å². The lowest BCUT2D eigenvalue weighted by atomic mass is 9.90. The number of thiophene rings is 1. The van der Waals surface area contributed by atoms with Crippen LogP contribution in [-0.4, -0.2) is 18.0 Å². The lowest BCUT2D eigenvalue weighted by Crippen LogP contribution is -2.52. The van der Waals surface area contributed by atoms with Gasteiger partial charge in [0.15, 0.2) is 0 Å². The van der Waals surface area contributed by atoms with E-state index < -0.39 is 0 Å². The summed E-state index contributed by atoms with van der Waals surface area (Å²) in [4.78, 5) is 13.0. The first kappa shape index (κ1) is 17.4. The highest BCUT2D eigenvalue weighted by Crippen LogP contribution is 2.16. The molecule has 0 aliphatic heterocycles. The molecule has 3 nitrogen and oxygen atoms in total. The Kier molecular flexibility index (Phi) is 7.52. The largest absolute Gasteiger partial charge is 0.349 e. The van der Waals surface area contributed by atoms with E-state index in [9.17, 15) is 4.79 Å². The Morgan fingerprint density at radius 3 is 2.67 bits per heavy atom. The normalized spacial score (nSPS) is 13.8. The first-order valence-corrected chi connectivity index (χ1v) is 6.86. The van der Waals surface area contributed by atoms with Crippen molar-refractivity contribution in [2.75, 3.05) is 6.54 Å². The van der Waals surface area contributed by atoms with Crippen LogP contribution >= 0.6 is 23.7 Å². The van der Waals surface area contributed by atoms with Gasteiger partial charge in [-0.05, 0) is 30.7 Å². The van der Waals surface area contributed by atoms with Crippen molar-refractivity contribution in [3.63, 3.8) is 0 Å². The van der Waals surface area contributed by atoms with E-state index in [1.807, 2.05) is 24.4 Å². The molecule has 1 aromatic heterocycles. The van der Waals surface area contributed by atoms with Crippen molar-refractivity contribution >= 4 is 29.7 Å². The van der Waals surface area contributed by atoms with E-state index in [4.69, 9.17) is 5.73 Å². The fraction of sp³-hybridized carbons (Fsp3) is 0.615. The van der Waals surface area contributed by atoms with Crippen molar-refractivity contribution in [1.82, 2.24) is 5.32 Å². The molecule has 1 aromatic rings. The number of carbonyl (C=O) groups excluding carboxylic acids is 1. The number of nitrogens with one attached hydrogen (secondary N) is 1. The summed E-state index contributed by atoms with van der Waals surface area (Å²) in [6.45, 7) is 6.76. The first-order valence-electron chi connectivity index (χ1n) is 5.98. The number of nitrogens with two attached hydrogens (primary N) is 1. The Hall–Kier alpha value is -0.580. The van der Waals surface area contributed by atoms with Gasteiger partial charge < -0.3 is 11.1 Å². The number of halogens is 1. The fourth-order valence-corrected chi connectivity index (χ4v) is 2.74. The van der Waals surface area contributed by atoms with Gasteiger partial charge in [0.1, 0.15) is 0 Å². The highest BCUT2D eigenvalue weighted by molar-refractivity contribution is 7.10. The van der Waals surface area contributed by atoms with Crippen LogP contribution in [0.25, 0.3) is 0 Å². The third kappa shape index (κ3) is 5.85. The lowest BCUT2D eigenvalue weighted by molar-refractivity contribution is -0.122. The number of hydrogen-bond donors (Lipinski definition) is 2. The lowest BCUT2D eigenvalue weighted by Gasteiger charge is -2.31. The van der Waals surface area contributed by atoms with Crippen LogP contribution in [0, 0.1) is 5.92 Å². The van der Waals surface area contributed by atoms with Gasteiger partial charge in [-0.15, -0.1) is 23.7 Å². The van der Waals surface area contributed by atoms with E-state index in [0.717, 1.165) is 11.3 Å². The summed E-state index contributed by atoms with van der Waals surface area (Å²) >= 11 is 1.61. The van der Waals surface area contributed by atoms with E-state index >= 15 is 0 Å². The van der Waals surface area contributed by atoms with Crippen molar-refractivity contribution in [2.24, 2.45) is 11.7 Å². The molecule has 3 N–H and O–H groups in total. The average molecular weight is 291 g/mol. The van der Waals surface area contributed by atoms with Gasteiger partial charge in [-0.25, -0.2) is 0 Å². The zero-order chi connectivity index (χ0) is 12.9. The molecule has 5 heteroatoms. The van der Waals surface area contributed by atoms with Crippen LogP contribution in [0.3, 0.4) is 0 Å².